The van der Waals surface area contributed by atoms with Crippen molar-refractivity contribution in [1.29, 1.82) is 0 Å². The second kappa shape index (κ2) is 13.1. The highest BCUT2D eigenvalue weighted by molar-refractivity contribution is 6.31. The Hall–Kier alpha value is -3.11. The Morgan fingerprint density at radius 1 is 0.857 bits per heavy atom. The first-order valence-corrected chi connectivity index (χ1v) is 12.7. The van der Waals surface area contributed by atoms with Crippen molar-refractivity contribution in [3.05, 3.63) is 107 Å². The molecule has 0 aromatic heterocycles. The molecule has 0 aliphatic heterocycles. The summed E-state index contributed by atoms with van der Waals surface area (Å²) in [7, 11) is 0. The molecule has 184 valence electrons. The first kappa shape index (κ1) is 26.5. The monoisotopic (exact) mass is 490 g/mol. The molecule has 0 aliphatic rings. The number of nitrogens with zero attached hydrogens (tertiary/aromatic N) is 1. The van der Waals surface area contributed by atoms with Gasteiger partial charge in [-0.2, -0.15) is 0 Å². The number of carbonyl (C=O) groups is 2. The topological polar surface area (TPSA) is 49.4 Å². The zero-order valence-corrected chi connectivity index (χ0v) is 21.5. The smallest absolute Gasteiger partial charge is 0.242 e. The maximum absolute atomic E-state index is 14.0. The first-order valence-electron chi connectivity index (χ1n) is 12.3. The van der Waals surface area contributed by atoms with Crippen LogP contribution in [0.4, 0.5) is 0 Å². The molecule has 3 rings (SSSR count). The van der Waals surface area contributed by atoms with E-state index in [2.05, 4.69) is 43.4 Å². The van der Waals surface area contributed by atoms with Gasteiger partial charge in [0, 0.05) is 30.5 Å². The van der Waals surface area contributed by atoms with Crippen LogP contribution < -0.4 is 5.32 Å². The molecule has 0 saturated heterocycles. The highest BCUT2D eigenvalue weighted by Gasteiger charge is 2.31. The maximum Gasteiger partial charge on any atom is 0.242 e. The first-order chi connectivity index (χ1) is 16.9. The maximum atomic E-state index is 14.0. The van der Waals surface area contributed by atoms with Gasteiger partial charge in [0.15, 0.2) is 0 Å². The summed E-state index contributed by atoms with van der Waals surface area (Å²) in [6, 6.07) is 27.0. The van der Waals surface area contributed by atoms with Crippen molar-refractivity contribution in [2.45, 2.75) is 52.1 Å². The molecule has 0 spiro atoms. The van der Waals surface area contributed by atoms with Gasteiger partial charge in [-0.3, -0.25) is 9.59 Å². The number of rotatable bonds is 11. The van der Waals surface area contributed by atoms with E-state index in [9.17, 15) is 9.59 Å². The van der Waals surface area contributed by atoms with E-state index < -0.39 is 6.04 Å². The predicted molar refractivity (Wildman–Crippen MR) is 143 cm³/mol. The van der Waals surface area contributed by atoms with E-state index in [0.29, 0.717) is 23.9 Å². The fraction of sp³-hybridized carbons (Fsp3) is 0.333. The lowest BCUT2D eigenvalue weighted by atomic mass is 9.88. The standard InChI is InChI=1S/C30H35ClN2O2/c1-4-28(30(35)32-20-22(2)3)33(21-25-17-11-12-18-27(25)31)29(34)19-26(23-13-7-5-8-14-23)24-15-9-6-10-16-24/h5-18,22,26,28H,4,19-21H2,1-3H3,(H,32,35)/t28-/m1/s1. The van der Waals surface area contributed by atoms with Crippen LogP contribution in [-0.4, -0.2) is 29.3 Å². The molecule has 3 aromatic rings. The molecule has 3 aromatic carbocycles. The van der Waals surface area contributed by atoms with Crippen LogP contribution in [0.5, 0.6) is 0 Å². The van der Waals surface area contributed by atoms with Crippen LogP contribution in [0, 0.1) is 5.92 Å². The quantitative estimate of drug-likeness (QED) is 0.336. The number of hydrogen-bond acceptors (Lipinski definition) is 2. The molecule has 0 aliphatic carbocycles. The average molecular weight is 491 g/mol. The van der Waals surface area contributed by atoms with Gasteiger partial charge in [-0.05, 0) is 35.1 Å². The van der Waals surface area contributed by atoms with Crippen LogP contribution in [0.3, 0.4) is 0 Å². The minimum absolute atomic E-state index is 0.0748. The Morgan fingerprint density at radius 2 is 1.40 bits per heavy atom. The van der Waals surface area contributed by atoms with Crippen LogP contribution in [-0.2, 0) is 16.1 Å². The minimum Gasteiger partial charge on any atom is -0.354 e. The lowest BCUT2D eigenvalue weighted by Gasteiger charge is -2.32. The lowest BCUT2D eigenvalue weighted by Crippen LogP contribution is -2.49. The van der Waals surface area contributed by atoms with E-state index in [-0.39, 0.29) is 30.7 Å². The number of nitrogens with one attached hydrogen (secondary N) is 1. The van der Waals surface area contributed by atoms with E-state index in [1.165, 1.54) is 0 Å². The molecule has 2 amide bonds. The number of benzene rings is 3. The summed E-state index contributed by atoms with van der Waals surface area (Å²) in [6.45, 7) is 6.90. The van der Waals surface area contributed by atoms with Gasteiger partial charge in [0.25, 0.3) is 0 Å². The molecule has 35 heavy (non-hydrogen) atoms. The summed E-state index contributed by atoms with van der Waals surface area (Å²) >= 11 is 6.46. The molecular weight excluding hydrogens is 456 g/mol. The van der Waals surface area contributed by atoms with Crippen molar-refractivity contribution in [2.24, 2.45) is 5.92 Å². The Bertz CT molecular complexity index is 1050. The second-order valence-electron chi connectivity index (χ2n) is 9.25. The van der Waals surface area contributed by atoms with Crippen molar-refractivity contribution in [3.63, 3.8) is 0 Å². The number of hydrogen-bond donors (Lipinski definition) is 1. The molecule has 0 fully saturated rings. The molecular formula is C30H35ClN2O2. The van der Waals surface area contributed by atoms with E-state index in [1.807, 2.05) is 67.6 Å². The molecule has 1 atom stereocenters. The molecule has 0 bridgehead atoms. The zero-order chi connectivity index (χ0) is 25.2. The Labute approximate surface area is 214 Å². The number of halogens is 1. The fourth-order valence-electron chi connectivity index (χ4n) is 4.24. The number of amides is 2. The van der Waals surface area contributed by atoms with Gasteiger partial charge in [-0.15, -0.1) is 0 Å². The molecule has 5 heteroatoms. The second-order valence-corrected chi connectivity index (χ2v) is 9.66. The molecule has 0 heterocycles. The van der Waals surface area contributed by atoms with Crippen LogP contribution in [0.15, 0.2) is 84.9 Å². The van der Waals surface area contributed by atoms with Crippen LogP contribution in [0.1, 0.15) is 56.2 Å². The van der Waals surface area contributed by atoms with Crippen molar-refractivity contribution in [3.8, 4) is 0 Å². The van der Waals surface area contributed by atoms with Gasteiger partial charge in [0.2, 0.25) is 11.8 Å². The third-order valence-electron chi connectivity index (χ3n) is 6.15. The summed E-state index contributed by atoms with van der Waals surface area (Å²) in [6.07, 6.45) is 0.772. The summed E-state index contributed by atoms with van der Waals surface area (Å²) in [5, 5.41) is 3.61. The Morgan fingerprint density at radius 3 is 1.91 bits per heavy atom. The summed E-state index contributed by atoms with van der Waals surface area (Å²) < 4.78 is 0. The van der Waals surface area contributed by atoms with Crippen LogP contribution in [0.25, 0.3) is 0 Å². The van der Waals surface area contributed by atoms with Crippen molar-refractivity contribution < 1.29 is 9.59 Å². The SMILES string of the molecule is CC[C@H](C(=O)NCC(C)C)N(Cc1ccccc1Cl)C(=O)CC(c1ccccc1)c1ccccc1. The highest BCUT2D eigenvalue weighted by Crippen LogP contribution is 2.30. The Kier molecular flexibility index (Phi) is 9.92. The minimum atomic E-state index is -0.579. The highest BCUT2D eigenvalue weighted by atomic mass is 35.5. The fourth-order valence-corrected chi connectivity index (χ4v) is 4.44. The summed E-state index contributed by atoms with van der Waals surface area (Å²) in [4.78, 5) is 28.9. The predicted octanol–water partition coefficient (Wildman–Crippen LogP) is 6.44. The third kappa shape index (κ3) is 7.43. The van der Waals surface area contributed by atoms with Crippen molar-refractivity contribution in [1.82, 2.24) is 10.2 Å². The van der Waals surface area contributed by atoms with E-state index in [1.54, 1.807) is 4.90 Å². The largest absolute Gasteiger partial charge is 0.354 e. The van der Waals surface area contributed by atoms with Gasteiger partial charge in [0.1, 0.15) is 6.04 Å². The molecule has 0 radical (unpaired) electrons. The lowest BCUT2D eigenvalue weighted by molar-refractivity contribution is -0.141. The average Bonchev–Trinajstić information content (AvgIpc) is 2.87. The Balaban J connectivity index is 1.94. The van der Waals surface area contributed by atoms with Gasteiger partial charge in [0.05, 0.1) is 0 Å². The number of carbonyl (C=O) groups excluding carboxylic acids is 2. The summed E-state index contributed by atoms with van der Waals surface area (Å²) in [5.41, 5.74) is 2.97. The molecule has 4 nitrogen and oxygen atoms in total. The van der Waals surface area contributed by atoms with Crippen molar-refractivity contribution >= 4 is 23.4 Å². The third-order valence-corrected chi connectivity index (χ3v) is 6.52. The molecule has 1 N–H and O–H groups in total. The van der Waals surface area contributed by atoms with Crippen molar-refractivity contribution in [2.75, 3.05) is 6.54 Å². The van der Waals surface area contributed by atoms with E-state index >= 15 is 0 Å². The van der Waals surface area contributed by atoms with Gasteiger partial charge in [-0.25, -0.2) is 0 Å². The van der Waals surface area contributed by atoms with Gasteiger partial charge >= 0.3 is 0 Å². The summed E-state index contributed by atoms with van der Waals surface area (Å²) in [5.74, 6) is 0.00587. The van der Waals surface area contributed by atoms with E-state index in [4.69, 9.17) is 11.6 Å². The molecule has 0 saturated carbocycles. The van der Waals surface area contributed by atoms with Crippen LogP contribution >= 0.6 is 11.6 Å². The van der Waals surface area contributed by atoms with E-state index in [0.717, 1.165) is 16.7 Å². The van der Waals surface area contributed by atoms with Crippen LogP contribution in [0.2, 0.25) is 5.02 Å². The normalized spacial score (nSPS) is 11.9. The van der Waals surface area contributed by atoms with Gasteiger partial charge in [-0.1, -0.05) is 111 Å². The zero-order valence-electron chi connectivity index (χ0n) is 20.8. The van der Waals surface area contributed by atoms with Gasteiger partial charge < -0.3 is 10.2 Å². The molecule has 0 unspecified atom stereocenters.